The van der Waals surface area contributed by atoms with Crippen LogP contribution in [0.3, 0.4) is 0 Å². The normalized spacial score (nSPS) is 13.0. The summed E-state index contributed by atoms with van der Waals surface area (Å²) in [6.45, 7) is 27.5. The average molecular weight is 916 g/mol. The van der Waals surface area contributed by atoms with Crippen molar-refractivity contribution in [1.29, 1.82) is 0 Å². The topological polar surface area (TPSA) is 35.6 Å². The molecule has 3 aromatic heterocycles. The first kappa shape index (κ1) is 42.9. The lowest BCUT2D eigenvalue weighted by Gasteiger charge is -2.19. The third kappa shape index (κ3) is 7.56. The van der Waals surface area contributed by atoms with Crippen LogP contribution in [0.1, 0.15) is 105 Å². The Hall–Kier alpha value is -6.04. The molecule has 0 aliphatic carbocycles. The zero-order chi connectivity index (χ0) is 46.0. The fourth-order valence-corrected chi connectivity index (χ4v) is 9.78. The molecule has 0 amide bonds. The van der Waals surface area contributed by atoms with Crippen molar-refractivity contribution in [3.63, 3.8) is 0 Å². The largest absolute Gasteiger partial charge is 0.309 e. The molecule has 0 aliphatic rings. The van der Waals surface area contributed by atoms with Crippen molar-refractivity contribution in [3.05, 3.63) is 166 Å². The fraction of sp³-hybridized carbons (Fsp3) is 0.267. The number of hydrogen-bond donors (Lipinski definition) is 0. The molecular weight excluding hydrogens is 857 g/mol. The van der Waals surface area contributed by atoms with Crippen LogP contribution >= 0.6 is 15.9 Å². The maximum Gasteiger partial charge on any atom is 0.0973 e. The zero-order valence-corrected chi connectivity index (χ0v) is 41.5. The Morgan fingerprint density at radius 2 is 0.646 bits per heavy atom. The Balaban J connectivity index is 1.10. The fourth-order valence-electron chi connectivity index (χ4n) is 9.44. The summed E-state index contributed by atoms with van der Waals surface area (Å²) < 4.78 is 5.81. The zero-order valence-electron chi connectivity index (χ0n) is 39.9. The number of fused-ring (bicyclic) bond motifs is 7. The summed E-state index contributed by atoms with van der Waals surface area (Å²) in [4.78, 5) is 10.7. The molecule has 65 heavy (non-hydrogen) atoms. The first-order valence-corrected chi connectivity index (χ1v) is 23.8. The van der Waals surface area contributed by atoms with Crippen LogP contribution in [0.15, 0.2) is 144 Å². The van der Waals surface area contributed by atoms with Gasteiger partial charge in [0.25, 0.3) is 0 Å². The third-order valence-corrected chi connectivity index (χ3v) is 13.9. The highest BCUT2D eigenvalue weighted by Crippen LogP contribution is 2.41. The number of nitrogens with zero attached hydrogens (tertiary/aromatic N) is 4. The Morgan fingerprint density at radius 1 is 0.338 bits per heavy atom. The van der Waals surface area contributed by atoms with Crippen molar-refractivity contribution < 1.29 is 0 Å². The lowest BCUT2D eigenvalue weighted by Crippen LogP contribution is -2.10. The molecule has 0 N–H and O–H groups in total. The van der Waals surface area contributed by atoms with Gasteiger partial charge in [0.2, 0.25) is 0 Å². The smallest absolute Gasteiger partial charge is 0.0973 e. The van der Waals surface area contributed by atoms with E-state index in [0.29, 0.717) is 0 Å². The molecule has 4 nitrogen and oxygen atoms in total. The number of hydrogen-bond acceptors (Lipinski definition) is 2. The molecule has 0 atom stereocenters. The van der Waals surface area contributed by atoms with Gasteiger partial charge in [-0.1, -0.05) is 148 Å². The van der Waals surface area contributed by atoms with E-state index in [0.717, 1.165) is 49.4 Å². The van der Waals surface area contributed by atoms with Gasteiger partial charge < -0.3 is 9.13 Å². The molecule has 0 bridgehead atoms. The van der Waals surface area contributed by atoms with Gasteiger partial charge in [-0.25, -0.2) is 9.97 Å². The van der Waals surface area contributed by atoms with Crippen molar-refractivity contribution in [2.75, 3.05) is 0 Å². The molecule has 0 spiro atoms. The van der Waals surface area contributed by atoms with Gasteiger partial charge in [0.1, 0.15) is 0 Å². The molecule has 10 aromatic rings. The van der Waals surface area contributed by atoms with Gasteiger partial charge in [-0.15, -0.1) is 0 Å². The van der Waals surface area contributed by atoms with Gasteiger partial charge in [0.15, 0.2) is 0 Å². The van der Waals surface area contributed by atoms with Gasteiger partial charge >= 0.3 is 0 Å². The molecule has 0 fully saturated rings. The Kier molecular flexibility index (Phi) is 9.90. The van der Waals surface area contributed by atoms with Gasteiger partial charge in [-0.3, -0.25) is 0 Å². The molecule has 0 unspecified atom stereocenters. The minimum atomic E-state index is 0.0401. The summed E-state index contributed by atoms with van der Waals surface area (Å²) in [5.74, 6) is 0. The van der Waals surface area contributed by atoms with E-state index in [1.165, 1.54) is 65.9 Å². The highest BCUT2D eigenvalue weighted by Gasteiger charge is 2.24. The molecule has 0 saturated carbocycles. The summed E-state index contributed by atoms with van der Waals surface area (Å²) in [5.41, 5.74) is 18.0. The van der Waals surface area contributed by atoms with Crippen molar-refractivity contribution >= 4 is 70.6 Å². The van der Waals surface area contributed by atoms with E-state index in [-0.39, 0.29) is 21.7 Å². The summed E-state index contributed by atoms with van der Waals surface area (Å²) in [5, 5.41) is 5.13. The quantitative estimate of drug-likeness (QED) is 0.176. The third-order valence-electron chi connectivity index (χ3n) is 13.4. The second-order valence-corrected chi connectivity index (χ2v) is 23.2. The van der Waals surface area contributed by atoms with E-state index in [9.17, 15) is 0 Å². The highest BCUT2D eigenvalue weighted by molar-refractivity contribution is 9.10. The molecule has 7 aromatic carbocycles. The number of benzene rings is 7. The molecule has 0 aliphatic heterocycles. The van der Waals surface area contributed by atoms with Crippen LogP contribution in [0.5, 0.6) is 0 Å². The minimum absolute atomic E-state index is 0.0401. The van der Waals surface area contributed by atoms with Gasteiger partial charge in [-0.05, 0) is 135 Å². The van der Waals surface area contributed by atoms with E-state index in [1.807, 2.05) is 12.1 Å². The highest BCUT2D eigenvalue weighted by atomic mass is 79.9. The maximum absolute atomic E-state index is 5.35. The first-order chi connectivity index (χ1) is 30.6. The van der Waals surface area contributed by atoms with Crippen LogP contribution in [-0.2, 0) is 21.7 Å². The summed E-state index contributed by atoms with van der Waals surface area (Å²) in [6, 6.07) is 52.0. The second-order valence-electron chi connectivity index (χ2n) is 22.2. The average Bonchev–Trinajstić information content (AvgIpc) is 3.76. The van der Waals surface area contributed by atoms with E-state index < -0.39 is 0 Å². The van der Waals surface area contributed by atoms with Crippen molar-refractivity contribution in [2.24, 2.45) is 0 Å². The lowest BCUT2D eigenvalue weighted by atomic mass is 9.85. The van der Waals surface area contributed by atoms with Crippen molar-refractivity contribution in [3.8, 4) is 33.9 Å². The van der Waals surface area contributed by atoms with Crippen LogP contribution in [0.4, 0.5) is 0 Å². The molecule has 10 rings (SSSR count). The van der Waals surface area contributed by atoms with Crippen LogP contribution in [0.25, 0.3) is 88.5 Å². The van der Waals surface area contributed by atoms with E-state index in [4.69, 9.17) is 9.97 Å². The summed E-state index contributed by atoms with van der Waals surface area (Å²) in [6.07, 6.45) is 0. The van der Waals surface area contributed by atoms with Gasteiger partial charge in [0.05, 0.1) is 44.5 Å². The first-order valence-electron chi connectivity index (χ1n) is 23.0. The molecule has 0 radical (unpaired) electrons. The summed E-state index contributed by atoms with van der Waals surface area (Å²) >= 11 is 3.69. The van der Waals surface area contributed by atoms with Crippen molar-refractivity contribution in [2.45, 2.75) is 105 Å². The van der Waals surface area contributed by atoms with E-state index in [1.54, 1.807) is 0 Å². The van der Waals surface area contributed by atoms with Gasteiger partial charge in [-0.2, -0.15) is 0 Å². The van der Waals surface area contributed by atoms with Crippen molar-refractivity contribution in [1.82, 2.24) is 19.1 Å². The van der Waals surface area contributed by atoms with Crippen LogP contribution in [0.2, 0.25) is 0 Å². The predicted molar refractivity (Wildman–Crippen MR) is 282 cm³/mol. The molecule has 326 valence electrons. The summed E-state index contributed by atoms with van der Waals surface area (Å²) in [7, 11) is 0. The van der Waals surface area contributed by atoms with Crippen LogP contribution < -0.4 is 0 Å². The Morgan fingerprint density at radius 3 is 0.954 bits per heavy atom. The minimum Gasteiger partial charge on any atom is -0.309 e. The lowest BCUT2D eigenvalue weighted by molar-refractivity contribution is 0.590. The Labute approximate surface area is 392 Å². The van der Waals surface area contributed by atoms with E-state index in [2.05, 4.69) is 236 Å². The van der Waals surface area contributed by atoms with Gasteiger partial charge in [0, 0.05) is 48.5 Å². The predicted octanol–water partition coefficient (Wildman–Crippen LogP) is 17.1. The molecular formula is C60H59BrN4. The number of halogens is 1. The second kappa shape index (κ2) is 15.0. The van der Waals surface area contributed by atoms with E-state index >= 15 is 0 Å². The standard InChI is InChI=1S/C60H59BrN4/c1-57(2,3)38-17-27-51-45(31-38)46-32-39(58(4,5)6)18-28-52(46)64(51)43-22-13-36(14-23-43)55-56(63-50-35-42(61)21-26-49(50)62-55)37-15-24-44(25-16-37)65-53-29-19-40(59(7,8)9)33-47(53)48-34-41(60(10,11)12)20-30-54(48)65/h13-35H,1-12H3. The molecule has 5 heteroatoms. The SMILES string of the molecule is CC(C)(C)c1ccc2c(c1)c1cc(C(C)(C)C)ccc1n2-c1ccc(-c2nc3ccc(Br)cc3nc2-c2ccc(-n3c4ccc(C(C)(C)C)cc4c4cc(C(C)(C)C)ccc43)cc2)cc1. The number of rotatable bonds is 4. The number of aromatic nitrogens is 4. The Bertz CT molecular complexity index is 3360. The van der Waals surface area contributed by atoms with Crippen LogP contribution in [-0.4, -0.2) is 19.1 Å². The monoisotopic (exact) mass is 914 g/mol. The maximum atomic E-state index is 5.35. The molecule has 0 saturated heterocycles. The molecule has 3 heterocycles. The van der Waals surface area contributed by atoms with Crippen LogP contribution in [0, 0.1) is 0 Å².